The van der Waals surface area contributed by atoms with Gasteiger partial charge in [0.2, 0.25) is 0 Å². The van der Waals surface area contributed by atoms with E-state index in [-0.39, 0.29) is 0 Å². The van der Waals surface area contributed by atoms with Gasteiger partial charge in [0.25, 0.3) is 0 Å². The molecular formula is C14H20N2O3. The van der Waals surface area contributed by atoms with Crippen LogP contribution in [-0.4, -0.2) is 33.8 Å². The van der Waals surface area contributed by atoms with Crippen molar-refractivity contribution >= 4 is 5.97 Å². The molecule has 3 rings (SSSR count). The van der Waals surface area contributed by atoms with Gasteiger partial charge in [0.05, 0.1) is 5.69 Å². The molecule has 0 aliphatic carbocycles. The molecule has 2 unspecified atom stereocenters. The Bertz CT molecular complexity index is 463. The van der Waals surface area contributed by atoms with Crippen molar-refractivity contribution in [1.29, 1.82) is 0 Å². The summed E-state index contributed by atoms with van der Waals surface area (Å²) >= 11 is 0. The lowest BCUT2D eigenvalue weighted by Crippen LogP contribution is -2.24. The number of aliphatic carboxylic acids is 1. The molecule has 2 aliphatic rings. The first-order valence-corrected chi connectivity index (χ1v) is 7.11. The Morgan fingerprint density at radius 3 is 3.11 bits per heavy atom. The predicted molar refractivity (Wildman–Crippen MR) is 69.1 cm³/mol. The van der Waals surface area contributed by atoms with E-state index in [2.05, 4.69) is 4.98 Å². The maximum Gasteiger partial charge on any atom is 0.326 e. The van der Waals surface area contributed by atoms with Crippen LogP contribution >= 0.6 is 0 Å². The van der Waals surface area contributed by atoms with Gasteiger partial charge in [-0.15, -0.1) is 0 Å². The normalized spacial score (nSPS) is 26.9. The Morgan fingerprint density at radius 2 is 2.37 bits per heavy atom. The van der Waals surface area contributed by atoms with Gasteiger partial charge in [-0.2, -0.15) is 0 Å². The summed E-state index contributed by atoms with van der Waals surface area (Å²) in [5.74, 6) is 0.727. The summed E-state index contributed by atoms with van der Waals surface area (Å²) < 4.78 is 7.35. The van der Waals surface area contributed by atoms with Crippen LogP contribution in [0.4, 0.5) is 0 Å². The minimum atomic E-state index is -0.745. The molecule has 1 aromatic rings. The average Bonchev–Trinajstić information content (AvgIpc) is 2.81. The second-order valence-electron chi connectivity index (χ2n) is 5.59. The standard InChI is InChI=1S/C14H20N2O3/c17-14(18)12-4-1-5-13-15-11(8-16(12)13)7-10-3-2-6-19-9-10/h8,10,12H,1-7,9H2,(H,17,18). The van der Waals surface area contributed by atoms with Crippen LogP contribution in [0.25, 0.3) is 0 Å². The highest BCUT2D eigenvalue weighted by Crippen LogP contribution is 2.26. The average molecular weight is 264 g/mol. The summed E-state index contributed by atoms with van der Waals surface area (Å²) in [5, 5.41) is 9.25. The van der Waals surface area contributed by atoms with Crippen molar-refractivity contribution in [1.82, 2.24) is 9.55 Å². The van der Waals surface area contributed by atoms with Crippen LogP contribution in [0.5, 0.6) is 0 Å². The summed E-state index contributed by atoms with van der Waals surface area (Å²) in [6, 6.07) is -0.424. The van der Waals surface area contributed by atoms with Crippen molar-refractivity contribution in [3.05, 3.63) is 17.7 Å². The zero-order valence-electron chi connectivity index (χ0n) is 11.0. The third-order valence-electron chi connectivity index (χ3n) is 4.11. The molecule has 0 radical (unpaired) electrons. The summed E-state index contributed by atoms with van der Waals surface area (Å²) in [6.07, 6.45) is 7.68. The number of aryl methyl sites for hydroxylation is 1. The molecule has 1 fully saturated rings. The maximum atomic E-state index is 11.2. The SMILES string of the molecule is O=C(O)C1CCCc2nc(CC3CCCOC3)cn21. The topological polar surface area (TPSA) is 64.3 Å². The van der Waals surface area contributed by atoms with Gasteiger partial charge in [-0.1, -0.05) is 0 Å². The van der Waals surface area contributed by atoms with Crippen molar-refractivity contribution in [3.63, 3.8) is 0 Å². The van der Waals surface area contributed by atoms with E-state index < -0.39 is 12.0 Å². The molecule has 5 heteroatoms. The molecular weight excluding hydrogens is 244 g/mol. The van der Waals surface area contributed by atoms with E-state index in [1.165, 1.54) is 6.42 Å². The highest BCUT2D eigenvalue weighted by Gasteiger charge is 2.27. The molecule has 1 aromatic heterocycles. The van der Waals surface area contributed by atoms with Gasteiger partial charge in [-0.05, 0) is 38.0 Å². The zero-order chi connectivity index (χ0) is 13.2. The van der Waals surface area contributed by atoms with Gasteiger partial charge in [0.15, 0.2) is 0 Å². The monoisotopic (exact) mass is 264 g/mol. The summed E-state index contributed by atoms with van der Waals surface area (Å²) in [4.78, 5) is 15.9. The molecule has 0 bridgehead atoms. The van der Waals surface area contributed by atoms with E-state index in [1.54, 1.807) is 0 Å². The Balaban J connectivity index is 1.75. The van der Waals surface area contributed by atoms with Gasteiger partial charge >= 0.3 is 5.97 Å². The van der Waals surface area contributed by atoms with Crippen LogP contribution in [0.15, 0.2) is 6.20 Å². The van der Waals surface area contributed by atoms with Crippen LogP contribution in [-0.2, 0) is 22.4 Å². The van der Waals surface area contributed by atoms with Crippen LogP contribution < -0.4 is 0 Å². The first kappa shape index (κ1) is 12.7. The van der Waals surface area contributed by atoms with Crippen LogP contribution in [0.3, 0.4) is 0 Å². The second-order valence-corrected chi connectivity index (χ2v) is 5.59. The molecule has 104 valence electrons. The van der Waals surface area contributed by atoms with E-state index in [1.807, 2.05) is 10.8 Å². The number of hydrogen-bond acceptors (Lipinski definition) is 3. The second kappa shape index (κ2) is 5.33. The largest absolute Gasteiger partial charge is 0.480 e. The molecule has 1 saturated heterocycles. The van der Waals surface area contributed by atoms with E-state index >= 15 is 0 Å². The third-order valence-corrected chi connectivity index (χ3v) is 4.11. The fraction of sp³-hybridized carbons (Fsp3) is 0.714. The number of carboxylic acid groups (broad SMARTS) is 1. The summed E-state index contributed by atoms with van der Waals surface area (Å²) in [6.45, 7) is 1.68. The lowest BCUT2D eigenvalue weighted by atomic mass is 9.97. The van der Waals surface area contributed by atoms with Gasteiger partial charge in [-0.3, -0.25) is 0 Å². The van der Waals surface area contributed by atoms with Crippen molar-refractivity contribution in [3.8, 4) is 0 Å². The van der Waals surface area contributed by atoms with Crippen molar-refractivity contribution in [2.75, 3.05) is 13.2 Å². The highest BCUT2D eigenvalue weighted by molar-refractivity contribution is 5.72. The molecule has 2 atom stereocenters. The Hall–Kier alpha value is -1.36. The third kappa shape index (κ3) is 2.66. The highest BCUT2D eigenvalue weighted by atomic mass is 16.5. The number of rotatable bonds is 3. The molecule has 0 aromatic carbocycles. The summed E-state index contributed by atoms with van der Waals surface area (Å²) in [5.41, 5.74) is 1.03. The number of aromatic nitrogens is 2. The first-order valence-electron chi connectivity index (χ1n) is 7.11. The Labute approximate surface area is 112 Å². The number of fused-ring (bicyclic) bond motifs is 1. The Morgan fingerprint density at radius 1 is 1.47 bits per heavy atom. The smallest absolute Gasteiger partial charge is 0.326 e. The molecule has 3 heterocycles. The fourth-order valence-corrected chi connectivity index (χ4v) is 3.14. The van der Waals surface area contributed by atoms with Gasteiger partial charge in [0, 0.05) is 25.8 Å². The van der Waals surface area contributed by atoms with Crippen LogP contribution in [0.2, 0.25) is 0 Å². The van der Waals surface area contributed by atoms with E-state index in [9.17, 15) is 9.90 Å². The molecule has 0 amide bonds. The van der Waals surface area contributed by atoms with Crippen LogP contribution in [0.1, 0.15) is 43.2 Å². The molecule has 5 nitrogen and oxygen atoms in total. The molecule has 2 aliphatic heterocycles. The minimum absolute atomic E-state index is 0.424. The molecule has 19 heavy (non-hydrogen) atoms. The van der Waals surface area contributed by atoms with E-state index in [0.29, 0.717) is 12.3 Å². The number of carbonyl (C=O) groups is 1. The lowest BCUT2D eigenvalue weighted by molar-refractivity contribution is -0.141. The minimum Gasteiger partial charge on any atom is -0.480 e. The van der Waals surface area contributed by atoms with Crippen LogP contribution in [0, 0.1) is 5.92 Å². The summed E-state index contributed by atoms with van der Waals surface area (Å²) in [7, 11) is 0. The number of carboxylic acids is 1. The van der Waals surface area contributed by atoms with E-state index in [0.717, 1.165) is 50.4 Å². The first-order chi connectivity index (χ1) is 9.24. The quantitative estimate of drug-likeness (QED) is 0.904. The fourth-order valence-electron chi connectivity index (χ4n) is 3.14. The predicted octanol–water partition coefficient (Wildman–Crippen LogP) is 1.81. The molecule has 0 spiro atoms. The Kier molecular flexibility index (Phi) is 3.55. The zero-order valence-corrected chi connectivity index (χ0v) is 11.0. The van der Waals surface area contributed by atoms with Crippen molar-refractivity contribution in [2.24, 2.45) is 5.92 Å². The van der Waals surface area contributed by atoms with E-state index in [4.69, 9.17) is 4.74 Å². The number of nitrogens with zero attached hydrogens (tertiary/aromatic N) is 2. The van der Waals surface area contributed by atoms with Crippen molar-refractivity contribution < 1.29 is 14.6 Å². The van der Waals surface area contributed by atoms with Gasteiger partial charge < -0.3 is 14.4 Å². The number of ether oxygens (including phenoxy) is 1. The van der Waals surface area contributed by atoms with Gasteiger partial charge in [-0.25, -0.2) is 9.78 Å². The maximum absolute atomic E-state index is 11.2. The van der Waals surface area contributed by atoms with Gasteiger partial charge in [0.1, 0.15) is 11.9 Å². The number of imidazole rings is 1. The number of hydrogen-bond donors (Lipinski definition) is 1. The molecule has 0 saturated carbocycles. The lowest BCUT2D eigenvalue weighted by Gasteiger charge is -2.21. The van der Waals surface area contributed by atoms with Crippen molar-refractivity contribution in [2.45, 2.75) is 44.6 Å². The molecule has 1 N–H and O–H groups in total.